The molecule has 0 aromatic rings. The predicted molar refractivity (Wildman–Crippen MR) is 71.0 cm³/mol. The number of amides is 1. The summed E-state index contributed by atoms with van der Waals surface area (Å²) in [4.78, 5) is 14.1. The molecule has 0 saturated carbocycles. The van der Waals surface area contributed by atoms with Gasteiger partial charge in [-0.3, -0.25) is 4.79 Å². The quantitative estimate of drug-likeness (QED) is 0.749. The molecule has 0 aromatic heterocycles. The molecule has 2 N–H and O–H groups in total. The first kappa shape index (κ1) is 14.5. The zero-order valence-corrected chi connectivity index (χ0v) is 11.6. The lowest BCUT2D eigenvalue weighted by Gasteiger charge is -2.36. The van der Waals surface area contributed by atoms with E-state index in [1.165, 1.54) is 0 Å². The van der Waals surface area contributed by atoms with E-state index in [-0.39, 0.29) is 11.9 Å². The highest BCUT2D eigenvalue weighted by Gasteiger charge is 2.26. The standard InChI is InChI=1S/C13H27N3O/c1-5-7-14-13(17)11(3)15-12-6-8-16(4)9-10(12)2/h10-12,15H,5-9H2,1-4H3,(H,14,17). The molecule has 1 amide bonds. The highest BCUT2D eigenvalue weighted by atomic mass is 16.2. The zero-order chi connectivity index (χ0) is 12.8. The average molecular weight is 241 g/mol. The van der Waals surface area contributed by atoms with E-state index in [1.807, 2.05) is 6.92 Å². The fourth-order valence-electron chi connectivity index (χ4n) is 2.40. The van der Waals surface area contributed by atoms with Crippen LogP contribution in [0.25, 0.3) is 0 Å². The van der Waals surface area contributed by atoms with Gasteiger partial charge in [0.15, 0.2) is 0 Å². The summed E-state index contributed by atoms with van der Waals surface area (Å²) in [6, 6.07) is 0.381. The summed E-state index contributed by atoms with van der Waals surface area (Å²) >= 11 is 0. The Hall–Kier alpha value is -0.610. The van der Waals surface area contributed by atoms with Crippen molar-refractivity contribution in [3.63, 3.8) is 0 Å². The Balaban J connectivity index is 2.34. The second-order valence-electron chi connectivity index (χ2n) is 5.31. The van der Waals surface area contributed by atoms with Crippen LogP contribution >= 0.6 is 0 Å². The minimum Gasteiger partial charge on any atom is -0.355 e. The molecule has 17 heavy (non-hydrogen) atoms. The molecule has 0 radical (unpaired) electrons. The Morgan fingerprint density at radius 1 is 1.53 bits per heavy atom. The van der Waals surface area contributed by atoms with Crippen molar-refractivity contribution < 1.29 is 4.79 Å². The smallest absolute Gasteiger partial charge is 0.236 e. The number of carbonyl (C=O) groups is 1. The summed E-state index contributed by atoms with van der Waals surface area (Å²) in [5.41, 5.74) is 0. The molecular weight excluding hydrogens is 214 g/mol. The van der Waals surface area contributed by atoms with E-state index in [4.69, 9.17) is 0 Å². The summed E-state index contributed by atoms with van der Waals surface area (Å²) < 4.78 is 0. The first-order chi connectivity index (χ1) is 8.04. The summed E-state index contributed by atoms with van der Waals surface area (Å²) in [5, 5.41) is 6.39. The zero-order valence-electron chi connectivity index (χ0n) is 11.6. The lowest BCUT2D eigenvalue weighted by molar-refractivity contribution is -0.123. The van der Waals surface area contributed by atoms with Gasteiger partial charge < -0.3 is 15.5 Å². The normalized spacial score (nSPS) is 27.8. The molecule has 3 atom stereocenters. The summed E-state index contributed by atoms with van der Waals surface area (Å²) in [5.74, 6) is 0.730. The van der Waals surface area contributed by atoms with Gasteiger partial charge >= 0.3 is 0 Å². The third-order valence-corrected chi connectivity index (χ3v) is 3.51. The average Bonchev–Trinajstić information content (AvgIpc) is 2.29. The summed E-state index contributed by atoms with van der Waals surface area (Å²) in [6.45, 7) is 9.28. The van der Waals surface area contributed by atoms with Crippen molar-refractivity contribution in [1.82, 2.24) is 15.5 Å². The lowest BCUT2D eigenvalue weighted by atomic mass is 9.93. The van der Waals surface area contributed by atoms with Crippen LogP contribution in [0.3, 0.4) is 0 Å². The van der Waals surface area contributed by atoms with Gasteiger partial charge in [0, 0.05) is 19.1 Å². The van der Waals surface area contributed by atoms with E-state index >= 15 is 0 Å². The molecule has 0 aromatic carbocycles. The number of carbonyl (C=O) groups excluding carboxylic acids is 1. The Labute approximate surface area is 105 Å². The van der Waals surface area contributed by atoms with Gasteiger partial charge in [0.1, 0.15) is 0 Å². The van der Waals surface area contributed by atoms with Gasteiger partial charge in [-0.2, -0.15) is 0 Å². The van der Waals surface area contributed by atoms with Crippen LogP contribution in [0.2, 0.25) is 0 Å². The van der Waals surface area contributed by atoms with Crippen LogP contribution in [-0.4, -0.2) is 49.6 Å². The van der Waals surface area contributed by atoms with Crippen molar-refractivity contribution in [3.05, 3.63) is 0 Å². The second-order valence-corrected chi connectivity index (χ2v) is 5.31. The minimum absolute atomic E-state index is 0.0857. The van der Waals surface area contributed by atoms with E-state index in [2.05, 4.69) is 36.4 Å². The van der Waals surface area contributed by atoms with Crippen molar-refractivity contribution in [3.8, 4) is 0 Å². The Morgan fingerprint density at radius 2 is 2.24 bits per heavy atom. The molecule has 0 spiro atoms. The molecule has 1 fully saturated rings. The first-order valence-electron chi connectivity index (χ1n) is 6.77. The molecular formula is C13H27N3O. The first-order valence-corrected chi connectivity index (χ1v) is 6.77. The van der Waals surface area contributed by atoms with Gasteiger partial charge in [0.25, 0.3) is 0 Å². The highest BCUT2D eigenvalue weighted by molar-refractivity contribution is 5.81. The molecule has 3 unspecified atom stereocenters. The number of nitrogens with one attached hydrogen (secondary N) is 2. The van der Waals surface area contributed by atoms with Gasteiger partial charge in [0.05, 0.1) is 6.04 Å². The minimum atomic E-state index is -0.0857. The largest absolute Gasteiger partial charge is 0.355 e. The molecule has 4 heteroatoms. The van der Waals surface area contributed by atoms with Crippen LogP contribution in [0.1, 0.15) is 33.6 Å². The van der Waals surface area contributed by atoms with Crippen molar-refractivity contribution in [1.29, 1.82) is 0 Å². The Kier molecular flexibility index (Phi) is 5.92. The van der Waals surface area contributed by atoms with Crippen molar-refractivity contribution >= 4 is 5.91 Å². The van der Waals surface area contributed by atoms with E-state index < -0.39 is 0 Å². The van der Waals surface area contributed by atoms with Crippen LogP contribution in [-0.2, 0) is 4.79 Å². The monoisotopic (exact) mass is 241 g/mol. The van der Waals surface area contributed by atoms with Crippen LogP contribution < -0.4 is 10.6 Å². The molecule has 1 saturated heterocycles. The van der Waals surface area contributed by atoms with E-state index in [0.29, 0.717) is 12.0 Å². The summed E-state index contributed by atoms with van der Waals surface area (Å²) in [7, 11) is 2.16. The number of piperidine rings is 1. The van der Waals surface area contributed by atoms with Crippen LogP contribution in [0.15, 0.2) is 0 Å². The number of hydrogen-bond acceptors (Lipinski definition) is 3. The molecule has 4 nitrogen and oxygen atoms in total. The van der Waals surface area contributed by atoms with Crippen molar-refractivity contribution in [2.24, 2.45) is 5.92 Å². The van der Waals surface area contributed by atoms with E-state index in [0.717, 1.165) is 32.5 Å². The number of hydrogen-bond donors (Lipinski definition) is 2. The van der Waals surface area contributed by atoms with Gasteiger partial charge in [-0.1, -0.05) is 13.8 Å². The molecule has 1 aliphatic rings. The third-order valence-electron chi connectivity index (χ3n) is 3.51. The predicted octanol–water partition coefficient (Wildman–Crippen LogP) is 0.831. The van der Waals surface area contributed by atoms with Gasteiger partial charge in [-0.05, 0) is 39.3 Å². The SMILES string of the molecule is CCCNC(=O)C(C)NC1CCN(C)CC1C. The van der Waals surface area contributed by atoms with E-state index in [9.17, 15) is 4.79 Å². The fraction of sp³-hybridized carbons (Fsp3) is 0.923. The Bertz CT molecular complexity index is 245. The molecule has 0 aliphatic carbocycles. The van der Waals surface area contributed by atoms with Crippen LogP contribution in [0.4, 0.5) is 0 Å². The summed E-state index contributed by atoms with van der Waals surface area (Å²) in [6.07, 6.45) is 2.12. The maximum Gasteiger partial charge on any atom is 0.236 e. The highest BCUT2D eigenvalue weighted by Crippen LogP contribution is 2.15. The van der Waals surface area contributed by atoms with Gasteiger partial charge in [-0.25, -0.2) is 0 Å². The topological polar surface area (TPSA) is 44.4 Å². The number of nitrogens with zero attached hydrogens (tertiary/aromatic N) is 1. The lowest BCUT2D eigenvalue weighted by Crippen LogP contribution is -2.53. The number of rotatable bonds is 5. The molecule has 0 bridgehead atoms. The number of likely N-dealkylation sites (tertiary alicyclic amines) is 1. The molecule has 100 valence electrons. The fourth-order valence-corrected chi connectivity index (χ4v) is 2.40. The molecule has 1 heterocycles. The van der Waals surface area contributed by atoms with Gasteiger partial charge in [-0.15, -0.1) is 0 Å². The van der Waals surface area contributed by atoms with Crippen molar-refractivity contribution in [2.45, 2.75) is 45.7 Å². The second kappa shape index (κ2) is 6.97. The molecule has 1 rings (SSSR count). The van der Waals surface area contributed by atoms with Crippen LogP contribution in [0, 0.1) is 5.92 Å². The maximum atomic E-state index is 11.8. The maximum absolute atomic E-state index is 11.8. The van der Waals surface area contributed by atoms with Gasteiger partial charge in [0.2, 0.25) is 5.91 Å². The molecule has 1 aliphatic heterocycles. The Morgan fingerprint density at radius 3 is 2.82 bits per heavy atom. The van der Waals surface area contributed by atoms with Crippen LogP contribution in [0.5, 0.6) is 0 Å². The van der Waals surface area contributed by atoms with E-state index in [1.54, 1.807) is 0 Å². The third kappa shape index (κ3) is 4.64. The van der Waals surface area contributed by atoms with Crippen molar-refractivity contribution in [2.75, 3.05) is 26.7 Å².